The van der Waals surface area contributed by atoms with Gasteiger partial charge >= 0.3 is 5.97 Å². The van der Waals surface area contributed by atoms with E-state index in [0.717, 1.165) is 18.2 Å². The quantitative estimate of drug-likeness (QED) is 0.517. The minimum atomic E-state index is -1.40. The Morgan fingerprint density at radius 1 is 1.32 bits per heavy atom. The Morgan fingerprint density at radius 2 is 2.08 bits per heavy atom. The summed E-state index contributed by atoms with van der Waals surface area (Å²) in [4.78, 5) is 52.2. The van der Waals surface area contributed by atoms with Gasteiger partial charge in [0.15, 0.2) is 15.9 Å². The highest BCUT2D eigenvalue weighted by Crippen LogP contribution is 2.29. The molecule has 0 aliphatic carbocycles. The molecular formula is C24H23FN6O5S. The van der Waals surface area contributed by atoms with E-state index in [2.05, 4.69) is 20.3 Å². The number of fused-ring (bicyclic) bond motifs is 1. The number of amidine groups is 1. The molecular weight excluding hydrogens is 503 g/mol. The van der Waals surface area contributed by atoms with Gasteiger partial charge in [0.25, 0.3) is 0 Å². The number of carbonyl (C=O) groups is 2. The van der Waals surface area contributed by atoms with E-state index < -0.39 is 22.1 Å². The number of allylic oxidation sites excluding steroid dienone is 1. The number of halogens is 1. The van der Waals surface area contributed by atoms with Gasteiger partial charge in [-0.15, -0.1) is 0 Å². The number of rotatable bonds is 5. The summed E-state index contributed by atoms with van der Waals surface area (Å²) in [6.07, 6.45) is 4.39. The number of anilines is 1. The summed E-state index contributed by atoms with van der Waals surface area (Å²) in [5.41, 5.74) is -0.466. The van der Waals surface area contributed by atoms with Crippen molar-refractivity contribution in [2.45, 2.75) is 20.3 Å². The summed E-state index contributed by atoms with van der Waals surface area (Å²) in [7, 11) is 1.59. The van der Waals surface area contributed by atoms with Gasteiger partial charge in [0, 0.05) is 31.6 Å². The van der Waals surface area contributed by atoms with Crippen LogP contribution in [0.2, 0.25) is 0 Å². The maximum absolute atomic E-state index is 13.7. The number of methoxy groups -OCH3 is 1. The molecule has 1 saturated heterocycles. The lowest BCUT2D eigenvalue weighted by atomic mass is 9.97. The number of amides is 1. The van der Waals surface area contributed by atoms with Gasteiger partial charge in [-0.2, -0.15) is 4.39 Å². The third-order valence-corrected chi connectivity index (χ3v) is 7.24. The molecule has 1 atom stereocenters. The number of carbonyl (C=O) groups excluding carboxylic acids is 1. The lowest BCUT2D eigenvalue weighted by Crippen LogP contribution is -2.55. The van der Waals surface area contributed by atoms with E-state index in [1.807, 2.05) is 11.8 Å². The lowest BCUT2D eigenvalue weighted by molar-refractivity contribution is -0.124. The Bertz CT molecular complexity index is 1550. The van der Waals surface area contributed by atoms with E-state index in [9.17, 15) is 23.9 Å². The summed E-state index contributed by atoms with van der Waals surface area (Å²) in [5, 5.41) is 12.1. The zero-order valence-electron chi connectivity index (χ0n) is 20.2. The number of hydrogen-bond donors (Lipinski definition) is 2. The number of pyridine rings is 2. The molecule has 2 aliphatic rings. The van der Waals surface area contributed by atoms with Crippen LogP contribution in [-0.4, -0.2) is 57.6 Å². The van der Waals surface area contributed by atoms with Crippen molar-refractivity contribution in [2.75, 3.05) is 25.1 Å². The summed E-state index contributed by atoms with van der Waals surface area (Å²) in [6.45, 7) is 4.44. The van der Waals surface area contributed by atoms with Crippen molar-refractivity contribution in [2.24, 2.45) is 16.8 Å². The van der Waals surface area contributed by atoms with Gasteiger partial charge in [-0.25, -0.2) is 19.8 Å². The first-order valence-electron chi connectivity index (χ1n) is 11.4. The molecule has 11 nitrogen and oxygen atoms in total. The van der Waals surface area contributed by atoms with Crippen LogP contribution in [0.25, 0.3) is 16.2 Å². The van der Waals surface area contributed by atoms with Crippen LogP contribution in [-0.2, 0) is 9.53 Å². The van der Waals surface area contributed by atoms with Crippen molar-refractivity contribution in [3.63, 3.8) is 0 Å². The Morgan fingerprint density at radius 3 is 2.70 bits per heavy atom. The average molecular weight is 527 g/mol. The zero-order chi connectivity index (χ0) is 26.4. The van der Waals surface area contributed by atoms with Gasteiger partial charge in [-0.1, -0.05) is 18.3 Å². The Hall–Kier alpha value is -4.13. The van der Waals surface area contributed by atoms with Crippen LogP contribution >= 0.6 is 11.3 Å². The molecule has 37 heavy (non-hydrogen) atoms. The van der Waals surface area contributed by atoms with Crippen LogP contribution in [0.4, 0.5) is 10.2 Å². The molecule has 0 radical (unpaired) electrons. The molecule has 3 aromatic rings. The van der Waals surface area contributed by atoms with Crippen LogP contribution in [0.5, 0.6) is 0 Å². The summed E-state index contributed by atoms with van der Waals surface area (Å²) < 4.78 is 20.3. The van der Waals surface area contributed by atoms with Crippen molar-refractivity contribution in [1.29, 1.82) is 0 Å². The fourth-order valence-electron chi connectivity index (χ4n) is 4.37. The average Bonchev–Trinajstić information content (AvgIpc) is 3.25. The number of carboxylic acids is 1. The van der Waals surface area contributed by atoms with E-state index >= 15 is 0 Å². The topological polar surface area (TPSA) is 139 Å². The SMILES string of the molecule is COC1=CN=C(NC(=O)C2CN(c3cc(C)c4c(=O)c(C(=O)O)cn(-c5ncc(F)s5)c4n3)C2)C(C)C1. The molecule has 1 unspecified atom stereocenters. The minimum absolute atomic E-state index is 0.0213. The van der Waals surface area contributed by atoms with Crippen LogP contribution < -0.4 is 15.6 Å². The second-order valence-corrected chi connectivity index (χ2v) is 9.96. The lowest BCUT2D eigenvalue weighted by Gasteiger charge is -2.39. The van der Waals surface area contributed by atoms with Crippen LogP contribution in [0, 0.1) is 23.9 Å². The third kappa shape index (κ3) is 4.46. The maximum atomic E-state index is 13.7. The Labute approximate surface area is 213 Å². The number of hydrogen-bond acceptors (Lipinski definition) is 9. The van der Waals surface area contributed by atoms with E-state index in [1.54, 1.807) is 26.3 Å². The number of aliphatic imine (C=N–C) groups is 1. The second kappa shape index (κ2) is 9.39. The van der Waals surface area contributed by atoms with Crippen molar-refractivity contribution in [1.82, 2.24) is 19.9 Å². The Balaban J connectivity index is 1.42. The van der Waals surface area contributed by atoms with Gasteiger partial charge in [0.2, 0.25) is 11.3 Å². The molecule has 0 saturated carbocycles. The van der Waals surface area contributed by atoms with Crippen molar-refractivity contribution in [3.8, 4) is 5.13 Å². The Kier molecular flexibility index (Phi) is 6.23. The number of aryl methyl sites for hydroxylation is 1. The molecule has 0 aromatic carbocycles. The number of carboxylic acid groups (broad SMARTS) is 1. The number of ether oxygens (including phenoxy) is 1. The molecule has 2 N–H and O–H groups in total. The van der Waals surface area contributed by atoms with E-state index in [1.165, 1.54) is 4.57 Å². The van der Waals surface area contributed by atoms with Crippen LogP contribution in [0.15, 0.2) is 40.2 Å². The molecule has 5 heterocycles. The predicted octanol–water partition coefficient (Wildman–Crippen LogP) is 2.47. The van der Waals surface area contributed by atoms with Crippen molar-refractivity contribution < 1.29 is 23.8 Å². The predicted molar refractivity (Wildman–Crippen MR) is 135 cm³/mol. The van der Waals surface area contributed by atoms with Crippen LogP contribution in [0.3, 0.4) is 0 Å². The van der Waals surface area contributed by atoms with Gasteiger partial charge in [-0.05, 0) is 18.6 Å². The van der Waals surface area contributed by atoms with Crippen LogP contribution in [0.1, 0.15) is 29.3 Å². The molecule has 0 bridgehead atoms. The first-order valence-corrected chi connectivity index (χ1v) is 12.3. The normalized spacial score (nSPS) is 17.7. The van der Waals surface area contributed by atoms with Gasteiger partial charge in [0.1, 0.15) is 23.0 Å². The van der Waals surface area contributed by atoms with Gasteiger partial charge in [0.05, 0.1) is 30.8 Å². The maximum Gasteiger partial charge on any atom is 0.341 e. The minimum Gasteiger partial charge on any atom is -0.499 e. The fraction of sp³-hybridized carbons (Fsp3) is 0.333. The highest BCUT2D eigenvalue weighted by Gasteiger charge is 2.35. The monoisotopic (exact) mass is 526 g/mol. The smallest absolute Gasteiger partial charge is 0.341 e. The van der Waals surface area contributed by atoms with Crippen molar-refractivity contribution in [3.05, 3.63) is 56.9 Å². The third-order valence-electron chi connectivity index (χ3n) is 6.46. The molecule has 3 aromatic heterocycles. The van der Waals surface area contributed by atoms with Gasteiger partial charge < -0.3 is 20.1 Å². The first-order chi connectivity index (χ1) is 17.7. The van der Waals surface area contributed by atoms with E-state index in [0.29, 0.717) is 48.1 Å². The van der Waals surface area contributed by atoms with Gasteiger partial charge in [-0.3, -0.25) is 14.2 Å². The molecule has 1 fully saturated rings. The van der Waals surface area contributed by atoms with Crippen molar-refractivity contribution >= 4 is 45.9 Å². The number of aromatic nitrogens is 3. The molecule has 1 amide bonds. The number of aromatic carboxylic acids is 1. The standard InChI is InChI=1S/C24H23FN6O5S/c1-11-5-17(30-8-13(9-30)22(33)29-20-12(2)4-14(36-3)6-26-20)28-21-18(11)19(32)15(23(34)35)10-31(21)24-27-7-16(25)37-24/h5-7,10,12-13H,4,8-9H2,1-3H3,(H,34,35)(H,26,29,33). The number of nitrogens with one attached hydrogen (secondary N) is 1. The molecule has 0 spiro atoms. The van der Waals surface area contributed by atoms with E-state index in [4.69, 9.17) is 4.74 Å². The second-order valence-electron chi connectivity index (χ2n) is 9.00. The summed E-state index contributed by atoms with van der Waals surface area (Å²) in [6, 6.07) is 1.68. The fourth-order valence-corrected chi connectivity index (χ4v) is 4.99. The molecule has 192 valence electrons. The van der Waals surface area contributed by atoms with E-state index in [-0.39, 0.29) is 33.9 Å². The molecule has 2 aliphatic heterocycles. The largest absolute Gasteiger partial charge is 0.499 e. The number of nitrogens with zero attached hydrogens (tertiary/aromatic N) is 5. The molecule has 13 heteroatoms. The highest BCUT2D eigenvalue weighted by molar-refractivity contribution is 7.12. The highest BCUT2D eigenvalue weighted by atomic mass is 32.1. The number of thiazole rings is 1. The zero-order valence-corrected chi connectivity index (χ0v) is 21.0. The first kappa shape index (κ1) is 24.6. The summed E-state index contributed by atoms with van der Waals surface area (Å²) in [5.74, 6) is 0.0559. The summed E-state index contributed by atoms with van der Waals surface area (Å²) >= 11 is 0.705. The molecule has 5 rings (SSSR count).